The topological polar surface area (TPSA) is 47.9 Å². The largest absolute Gasteiger partial charge is 0.346 e. The lowest BCUT2D eigenvalue weighted by molar-refractivity contribution is -0.137. The predicted molar refractivity (Wildman–Crippen MR) is 43.2 cm³/mol. The molecule has 0 aromatic rings. The lowest BCUT2D eigenvalue weighted by Crippen LogP contribution is -2.27. The quantitative estimate of drug-likeness (QED) is 0.514. The van der Waals surface area contributed by atoms with Crippen molar-refractivity contribution in [2.75, 3.05) is 20.8 Å². The van der Waals surface area contributed by atoms with Crippen LogP contribution in [0.1, 0.15) is 13.8 Å². The van der Waals surface area contributed by atoms with Crippen LogP contribution in [-0.2, 0) is 14.0 Å². The first kappa shape index (κ1) is 11.3. The van der Waals surface area contributed by atoms with Crippen molar-refractivity contribution < 1.29 is 18.9 Å². The van der Waals surface area contributed by atoms with Gasteiger partial charge in [0.25, 0.3) is 0 Å². The van der Waals surface area contributed by atoms with Gasteiger partial charge >= 0.3 is 0 Å². The van der Waals surface area contributed by atoms with Crippen molar-refractivity contribution in [1.82, 2.24) is 0 Å². The van der Waals surface area contributed by atoms with Crippen LogP contribution in [-0.4, -0.2) is 31.2 Å². The van der Waals surface area contributed by atoms with Gasteiger partial charge in [0.15, 0.2) is 0 Å². The Morgan fingerprint density at radius 2 is 1.82 bits per heavy atom. The molecule has 11 heavy (non-hydrogen) atoms. The summed E-state index contributed by atoms with van der Waals surface area (Å²) in [4.78, 5) is 9.36. The zero-order valence-corrected chi connectivity index (χ0v) is 8.22. The molecule has 0 saturated carbocycles. The number of rotatable bonds is 5. The molecule has 0 saturated heterocycles. The third kappa shape index (κ3) is 3.01. The lowest BCUT2D eigenvalue weighted by atomic mass is 10.7. The first-order valence-electron chi connectivity index (χ1n) is 3.33. The molecule has 0 rings (SSSR count). The van der Waals surface area contributed by atoms with Crippen LogP contribution in [0.15, 0.2) is 0 Å². The molecule has 68 valence electrons. The Bertz CT molecular complexity index is 105. The number of ether oxygens (including phenoxy) is 2. The smallest absolute Gasteiger partial charge is 0.236 e. The minimum atomic E-state index is -1.67. The fourth-order valence-electron chi connectivity index (χ4n) is 0.479. The van der Waals surface area contributed by atoms with Crippen LogP contribution < -0.4 is 0 Å². The second-order valence-corrected chi connectivity index (χ2v) is 3.61. The minimum Gasteiger partial charge on any atom is -0.346 e. The highest BCUT2D eigenvalue weighted by Crippen LogP contribution is 2.47. The lowest BCUT2D eigenvalue weighted by Gasteiger charge is -2.29. The van der Waals surface area contributed by atoms with Gasteiger partial charge in [-0.25, -0.2) is 0 Å². The predicted octanol–water partition coefficient (Wildman–Crippen LogP) is 1.29. The third-order valence-corrected chi connectivity index (χ3v) is 2.92. The van der Waals surface area contributed by atoms with Gasteiger partial charge in [-0.05, 0) is 13.8 Å². The number of methoxy groups -OCH3 is 2. The van der Waals surface area contributed by atoms with E-state index in [9.17, 15) is 4.89 Å². The molecule has 0 radical (unpaired) electrons. The minimum absolute atomic E-state index is 0.449. The molecule has 1 atom stereocenters. The standard InChI is InChI=1S/C6H15O4P/c1-5-10-11(7)6(2,8-3)9-4/h7H,5H2,1-4H3. The molecule has 0 bridgehead atoms. The second kappa shape index (κ2) is 5.01. The van der Waals surface area contributed by atoms with E-state index >= 15 is 0 Å². The summed E-state index contributed by atoms with van der Waals surface area (Å²) in [6.07, 6.45) is 0. The Hall–Kier alpha value is 0.270. The summed E-state index contributed by atoms with van der Waals surface area (Å²) < 4.78 is 14.8. The van der Waals surface area contributed by atoms with Crippen molar-refractivity contribution in [3.05, 3.63) is 0 Å². The Morgan fingerprint density at radius 3 is 2.09 bits per heavy atom. The van der Waals surface area contributed by atoms with Crippen LogP contribution in [0.4, 0.5) is 0 Å². The molecule has 0 aliphatic carbocycles. The fourth-order valence-corrected chi connectivity index (χ4v) is 1.27. The SMILES string of the molecule is CCOP(O)C(C)(OC)OC. The van der Waals surface area contributed by atoms with Crippen molar-refractivity contribution in [2.24, 2.45) is 0 Å². The van der Waals surface area contributed by atoms with Crippen LogP contribution in [0.2, 0.25) is 0 Å². The van der Waals surface area contributed by atoms with Crippen LogP contribution in [0.5, 0.6) is 0 Å². The molecule has 0 aliphatic heterocycles. The van der Waals surface area contributed by atoms with E-state index in [2.05, 4.69) is 0 Å². The normalized spacial score (nSPS) is 15.0. The summed E-state index contributed by atoms with van der Waals surface area (Å²) >= 11 is 0. The molecule has 0 spiro atoms. The van der Waals surface area contributed by atoms with Gasteiger partial charge in [-0.2, -0.15) is 0 Å². The van der Waals surface area contributed by atoms with E-state index in [1.807, 2.05) is 0 Å². The molecule has 1 N–H and O–H groups in total. The van der Waals surface area contributed by atoms with Gasteiger partial charge in [0.1, 0.15) is 0 Å². The average molecular weight is 182 g/mol. The van der Waals surface area contributed by atoms with E-state index in [4.69, 9.17) is 14.0 Å². The summed E-state index contributed by atoms with van der Waals surface area (Å²) in [5, 5.41) is 0. The van der Waals surface area contributed by atoms with Gasteiger partial charge < -0.3 is 18.9 Å². The molecule has 0 fully saturated rings. The van der Waals surface area contributed by atoms with Gasteiger partial charge in [0.2, 0.25) is 13.9 Å². The van der Waals surface area contributed by atoms with E-state index in [-0.39, 0.29) is 0 Å². The Labute approximate surface area is 68.4 Å². The summed E-state index contributed by atoms with van der Waals surface area (Å²) in [5.74, 6) is 0. The van der Waals surface area contributed by atoms with E-state index in [0.29, 0.717) is 6.61 Å². The van der Waals surface area contributed by atoms with Gasteiger partial charge in [0.05, 0.1) is 6.61 Å². The second-order valence-electron chi connectivity index (χ2n) is 2.00. The highest BCUT2D eigenvalue weighted by atomic mass is 31.2. The highest BCUT2D eigenvalue weighted by molar-refractivity contribution is 7.47. The monoisotopic (exact) mass is 182 g/mol. The molecule has 0 aromatic heterocycles. The zero-order chi connectivity index (χ0) is 8.91. The maximum Gasteiger partial charge on any atom is 0.236 e. The van der Waals surface area contributed by atoms with Crippen molar-refractivity contribution in [3.8, 4) is 0 Å². The number of hydrogen-bond acceptors (Lipinski definition) is 4. The summed E-state index contributed by atoms with van der Waals surface area (Å²) in [5.41, 5.74) is -1.01. The van der Waals surface area contributed by atoms with Crippen LogP contribution in [0.25, 0.3) is 0 Å². The first-order chi connectivity index (χ1) is 5.10. The van der Waals surface area contributed by atoms with Crippen molar-refractivity contribution in [3.63, 3.8) is 0 Å². The van der Waals surface area contributed by atoms with Gasteiger partial charge in [-0.15, -0.1) is 0 Å². The molecule has 0 heterocycles. The zero-order valence-electron chi connectivity index (χ0n) is 7.33. The highest BCUT2D eigenvalue weighted by Gasteiger charge is 2.34. The van der Waals surface area contributed by atoms with Crippen LogP contribution >= 0.6 is 8.38 Å². The van der Waals surface area contributed by atoms with Gasteiger partial charge in [-0.1, -0.05) is 0 Å². The molecular formula is C6H15O4P. The third-order valence-electron chi connectivity index (χ3n) is 1.36. The fraction of sp³-hybridized carbons (Fsp3) is 1.00. The van der Waals surface area contributed by atoms with Crippen LogP contribution in [0, 0.1) is 0 Å². The van der Waals surface area contributed by atoms with E-state index in [1.54, 1.807) is 13.8 Å². The summed E-state index contributed by atoms with van der Waals surface area (Å²) in [6.45, 7) is 3.89. The summed E-state index contributed by atoms with van der Waals surface area (Å²) in [6, 6.07) is 0. The molecular weight excluding hydrogens is 167 g/mol. The maximum absolute atomic E-state index is 9.36. The molecule has 1 unspecified atom stereocenters. The van der Waals surface area contributed by atoms with Crippen LogP contribution in [0.3, 0.4) is 0 Å². The number of hydrogen-bond donors (Lipinski definition) is 1. The van der Waals surface area contributed by atoms with E-state index < -0.39 is 13.9 Å². The molecule has 0 amide bonds. The Kier molecular flexibility index (Phi) is 5.13. The average Bonchev–Trinajstić information content (AvgIpc) is 2.03. The van der Waals surface area contributed by atoms with E-state index in [1.165, 1.54) is 14.2 Å². The first-order valence-corrected chi connectivity index (χ1v) is 4.54. The molecule has 0 aliphatic rings. The van der Waals surface area contributed by atoms with Gasteiger partial charge in [-0.3, -0.25) is 0 Å². The molecule has 5 heteroatoms. The molecule has 4 nitrogen and oxygen atoms in total. The molecule has 0 aromatic carbocycles. The van der Waals surface area contributed by atoms with Crippen molar-refractivity contribution in [2.45, 2.75) is 19.4 Å². The van der Waals surface area contributed by atoms with Gasteiger partial charge in [0, 0.05) is 14.2 Å². The Morgan fingerprint density at radius 1 is 1.36 bits per heavy atom. The Balaban J connectivity index is 4.00. The van der Waals surface area contributed by atoms with Crippen molar-refractivity contribution in [1.29, 1.82) is 0 Å². The van der Waals surface area contributed by atoms with E-state index in [0.717, 1.165) is 0 Å². The van der Waals surface area contributed by atoms with Crippen molar-refractivity contribution >= 4 is 8.38 Å². The summed E-state index contributed by atoms with van der Waals surface area (Å²) in [7, 11) is 1.26. The maximum atomic E-state index is 9.36.